The van der Waals surface area contributed by atoms with Crippen molar-refractivity contribution in [3.05, 3.63) is 97.7 Å². The highest BCUT2D eigenvalue weighted by Crippen LogP contribution is 2.23. The van der Waals surface area contributed by atoms with Crippen LogP contribution in [-0.2, 0) is 6.54 Å². The molecule has 7 heteroatoms. The van der Waals surface area contributed by atoms with Gasteiger partial charge in [0.2, 0.25) is 0 Å². The molecule has 0 aliphatic heterocycles. The van der Waals surface area contributed by atoms with Crippen LogP contribution < -0.4 is 5.43 Å². The molecule has 3 aromatic carbocycles. The van der Waals surface area contributed by atoms with Crippen LogP contribution in [0, 0.1) is 3.57 Å². The molecule has 0 aliphatic rings. The summed E-state index contributed by atoms with van der Waals surface area (Å²) in [5.74, 6) is -0.576. The summed E-state index contributed by atoms with van der Waals surface area (Å²) in [6.07, 6.45) is 3.65. The Balaban J connectivity index is 1.57. The van der Waals surface area contributed by atoms with Gasteiger partial charge in [-0.1, -0.05) is 46.3 Å². The standard InChI is InChI=1S/C23H17BrIN3O2/c24-17-7-10-22(29)20(11-17)23(30)27-26-12-16-14-28(21-4-2-1-3-19(16)21)13-15-5-8-18(25)9-6-15/h1-12,14,29H,13H2,(H,27,30)/b26-12-. The molecular formula is C23H17BrIN3O2. The van der Waals surface area contributed by atoms with Crippen molar-refractivity contribution in [2.75, 3.05) is 0 Å². The minimum atomic E-state index is -0.479. The monoisotopic (exact) mass is 573 g/mol. The Kier molecular flexibility index (Phi) is 6.19. The number of para-hydroxylation sites is 1. The third kappa shape index (κ3) is 4.57. The Hall–Kier alpha value is -2.65. The molecule has 0 radical (unpaired) electrons. The third-order valence-corrected chi connectivity index (χ3v) is 5.87. The van der Waals surface area contributed by atoms with Crippen molar-refractivity contribution in [3.63, 3.8) is 0 Å². The van der Waals surface area contributed by atoms with Gasteiger partial charge in [0, 0.05) is 37.3 Å². The van der Waals surface area contributed by atoms with Crippen LogP contribution in [0.5, 0.6) is 5.75 Å². The summed E-state index contributed by atoms with van der Waals surface area (Å²) in [6, 6.07) is 21.2. The van der Waals surface area contributed by atoms with E-state index in [-0.39, 0.29) is 11.3 Å². The fraction of sp³-hybridized carbons (Fsp3) is 0.0435. The molecule has 4 rings (SSSR count). The summed E-state index contributed by atoms with van der Waals surface area (Å²) >= 11 is 5.59. The molecule has 0 fully saturated rings. The maximum atomic E-state index is 12.3. The highest BCUT2D eigenvalue weighted by molar-refractivity contribution is 14.1. The predicted molar refractivity (Wildman–Crippen MR) is 131 cm³/mol. The van der Waals surface area contributed by atoms with Crippen LogP contribution in [0.1, 0.15) is 21.5 Å². The Morgan fingerprint density at radius 1 is 1.13 bits per heavy atom. The van der Waals surface area contributed by atoms with Gasteiger partial charge in [0.05, 0.1) is 11.8 Å². The van der Waals surface area contributed by atoms with Crippen molar-refractivity contribution in [1.82, 2.24) is 9.99 Å². The number of aromatic hydroxyl groups is 1. The topological polar surface area (TPSA) is 66.6 Å². The fourth-order valence-corrected chi connectivity index (χ4v) is 3.93. The largest absolute Gasteiger partial charge is 0.507 e. The number of hydrogen-bond acceptors (Lipinski definition) is 3. The van der Waals surface area contributed by atoms with E-state index >= 15 is 0 Å². The van der Waals surface area contributed by atoms with E-state index in [4.69, 9.17) is 0 Å². The van der Waals surface area contributed by atoms with Crippen molar-refractivity contribution >= 4 is 61.5 Å². The number of hydrazone groups is 1. The SMILES string of the molecule is O=C(N/N=C\c1cn(Cc2ccc(I)cc2)c2ccccc12)c1cc(Br)ccc1O. The van der Waals surface area contributed by atoms with Crippen LogP contribution in [0.3, 0.4) is 0 Å². The Labute approximate surface area is 195 Å². The van der Waals surface area contributed by atoms with E-state index in [0.717, 1.165) is 23.0 Å². The summed E-state index contributed by atoms with van der Waals surface area (Å²) in [5.41, 5.74) is 5.84. The van der Waals surface area contributed by atoms with E-state index in [1.165, 1.54) is 15.2 Å². The van der Waals surface area contributed by atoms with Crippen LogP contribution >= 0.6 is 38.5 Å². The Morgan fingerprint density at radius 2 is 1.90 bits per heavy atom. The lowest BCUT2D eigenvalue weighted by Crippen LogP contribution is -2.17. The highest BCUT2D eigenvalue weighted by Gasteiger charge is 2.11. The zero-order valence-electron chi connectivity index (χ0n) is 15.7. The van der Waals surface area contributed by atoms with Crippen molar-refractivity contribution in [2.24, 2.45) is 5.10 Å². The lowest BCUT2D eigenvalue weighted by molar-refractivity contribution is 0.0952. The molecule has 0 bridgehead atoms. The number of aromatic nitrogens is 1. The smallest absolute Gasteiger partial charge is 0.275 e. The summed E-state index contributed by atoms with van der Waals surface area (Å²) in [5, 5.41) is 15.0. The molecule has 30 heavy (non-hydrogen) atoms. The summed E-state index contributed by atoms with van der Waals surface area (Å²) in [6.45, 7) is 0.740. The van der Waals surface area contributed by atoms with Gasteiger partial charge in [0.15, 0.2) is 0 Å². The second-order valence-electron chi connectivity index (χ2n) is 6.72. The number of rotatable bonds is 5. The number of amides is 1. The summed E-state index contributed by atoms with van der Waals surface area (Å²) < 4.78 is 4.07. The zero-order chi connectivity index (χ0) is 21.1. The van der Waals surface area contributed by atoms with Crippen LogP contribution in [0.4, 0.5) is 0 Å². The first-order valence-corrected chi connectivity index (χ1v) is 11.0. The molecule has 0 saturated heterocycles. The first-order chi connectivity index (χ1) is 14.5. The predicted octanol–water partition coefficient (Wildman–Crippen LogP) is 5.53. The fourth-order valence-electron chi connectivity index (χ4n) is 3.21. The van der Waals surface area contributed by atoms with Crippen molar-refractivity contribution < 1.29 is 9.90 Å². The van der Waals surface area contributed by atoms with Gasteiger partial charge < -0.3 is 9.67 Å². The maximum absolute atomic E-state index is 12.3. The van der Waals surface area contributed by atoms with E-state index in [1.807, 2.05) is 24.4 Å². The van der Waals surface area contributed by atoms with Crippen LogP contribution in [-0.4, -0.2) is 21.8 Å². The van der Waals surface area contributed by atoms with E-state index in [2.05, 4.69) is 83.9 Å². The van der Waals surface area contributed by atoms with Crippen molar-refractivity contribution in [1.29, 1.82) is 0 Å². The molecule has 5 nitrogen and oxygen atoms in total. The molecule has 0 saturated carbocycles. The molecule has 0 aliphatic carbocycles. The number of nitrogens with zero attached hydrogens (tertiary/aromatic N) is 2. The zero-order valence-corrected chi connectivity index (χ0v) is 19.5. The number of halogens is 2. The van der Waals surface area contributed by atoms with Gasteiger partial charge in [-0.05, 0) is 64.6 Å². The molecule has 0 atom stereocenters. The lowest BCUT2D eigenvalue weighted by atomic mass is 10.2. The first-order valence-electron chi connectivity index (χ1n) is 9.15. The van der Waals surface area contributed by atoms with Gasteiger partial charge in [-0.2, -0.15) is 5.10 Å². The maximum Gasteiger partial charge on any atom is 0.275 e. The van der Waals surface area contributed by atoms with E-state index < -0.39 is 5.91 Å². The van der Waals surface area contributed by atoms with Gasteiger partial charge in [0.25, 0.3) is 5.91 Å². The molecule has 0 spiro atoms. The van der Waals surface area contributed by atoms with Crippen molar-refractivity contribution in [3.8, 4) is 5.75 Å². The molecule has 4 aromatic rings. The lowest BCUT2D eigenvalue weighted by Gasteiger charge is -2.05. The van der Waals surface area contributed by atoms with Gasteiger partial charge in [0.1, 0.15) is 5.75 Å². The Morgan fingerprint density at radius 3 is 2.70 bits per heavy atom. The summed E-state index contributed by atoms with van der Waals surface area (Å²) in [4.78, 5) is 12.3. The van der Waals surface area contributed by atoms with Crippen LogP contribution in [0.15, 0.2) is 82.5 Å². The Bertz CT molecular complexity index is 1250. The van der Waals surface area contributed by atoms with Gasteiger partial charge in [-0.15, -0.1) is 0 Å². The third-order valence-electron chi connectivity index (χ3n) is 4.66. The molecule has 1 aromatic heterocycles. The molecule has 2 N–H and O–H groups in total. The number of phenolic OH excluding ortho intramolecular Hbond substituents is 1. The van der Waals surface area contributed by atoms with Crippen molar-refractivity contribution in [2.45, 2.75) is 6.54 Å². The average Bonchev–Trinajstić information content (AvgIpc) is 3.09. The number of carbonyl (C=O) groups excluding carboxylic acids is 1. The number of hydrogen-bond donors (Lipinski definition) is 2. The molecule has 150 valence electrons. The van der Waals surface area contributed by atoms with Gasteiger partial charge >= 0.3 is 0 Å². The van der Waals surface area contributed by atoms with E-state index in [0.29, 0.717) is 4.47 Å². The minimum absolute atomic E-state index is 0.0972. The number of carbonyl (C=O) groups is 1. The van der Waals surface area contributed by atoms with E-state index in [9.17, 15) is 9.90 Å². The molecule has 1 heterocycles. The van der Waals surface area contributed by atoms with Gasteiger partial charge in [-0.3, -0.25) is 4.79 Å². The van der Waals surface area contributed by atoms with Crippen LogP contribution in [0.2, 0.25) is 0 Å². The number of benzene rings is 3. The minimum Gasteiger partial charge on any atom is -0.507 e. The quantitative estimate of drug-likeness (QED) is 0.187. The normalized spacial score (nSPS) is 11.3. The molecule has 1 amide bonds. The average molecular weight is 574 g/mol. The number of fused-ring (bicyclic) bond motifs is 1. The second-order valence-corrected chi connectivity index (χ2v) is 8.88. The highest BCUT2D eigenvalue weighted by atomic mass is 127. The number of nitrogens with one attached hydrogen (secondary N) is 1. The number of phenols is 1. The summed E-state index contributed by atoms with van der Waals surface area (Å²) in [7, 11) is 0. The first kappa shape index (κ1) is 20.6. The van der Waals surface area contributed by atoms with Gasteiger partial charge in [-0.25, -0.2) is 5.43 Å². The molecular weight excluding hydrogens is 557 g/mol. The van der Waals surface area contributed by atoms with Crippen LogP contribution in [0.25, 0.3) is 10.9 Å². The van der Waals surface area contributed by atoms with E-state index in [1.54, 1.807) is 18.3 Å². The molecule has 0 unspecified atom stereocenters. The second kappa shape index (κ2) is 9.01.